The van der Waals surface area contributed by atoms with Crippen molar-refractivity contribution >= 4 is 16.6 Å². The van der Waals surface area contributed by atoms with E-state index in [2.05, 4.69) is 94.4 Å². The van der Waals surface area contributed by atoms with Gasteiger partial charge in [0.1, 0.15) is 6.04 Å². The number of H-pyrrole nitrogens is 1. The molecule has 3 heterocycles. The molecule has 1 aliphatic rings. The van der Waals surface area contributed by atoms with E-state index in [1.807, 2.05) is 35.0 Å². The summed E-state index contributed by atoms with van der Waals surface area (Å²) in [6.07, 6.45) is 0. The van der Waals surface area contributed by atoms with Gasteiger partial charge in [-0.1, -0.05) is 48.5 Å². The predicted octanol–water partition coefficient (Wildman–Crippen LogP) is 4.71. The minimum absolute atomic E-state index is 0.103. The van der Waals surface area contributed by atoms with Crippen LogP contribution in [0.2, 0.25) is 0 Å². The molecule has 0 bridgehead atoms. The largest absolute Gasteiger partial charge is 0.369 e. The van der Waals surface area contributed by atoms with Crippen molar-refractivity contribution in [1.29, 1.82) is 0 Å². The number of tetrazole rings is 1. The minimum atomic E-state index is -0.381. The molecule has 1 N–H and O–H groups in total. The molecule has 204 valence electrons. The first kappa shape index (κ1) is 26.0. The second-order valence-electron chi connectivity index (χ2n) is 11.0. The van der Waals surface area contributed by atoms with Crippen molar-refractivity contribution in [1.82, 2.24) is 30.1 Å². The van der Waals surface area contributed by atoms with Gasteiger partial charge < -0.3 is 9.88 Å². The number of hydrogen-bond acceptors (Lipinski definition) is 6. The number of hydrogen-bond donors (Lipinski definition) is 1. The molecule has 0 amide bonds. The minimum Gasteiger partial charge on any atom is -0.369 e. The molecule has 0 radical (unpaired) electrons. The number of piperazine rings is 1. The van der Waals surface area contributed by atoms with Gasteiger partial charge in [-0.25, -0.2) is 4.68 Å². The molecule has 1 fully saturated rings. The molecule has 1 saturated heterocycles. The van der Waals surface area contributed by atoms with Gasteiger partial charge in [0, 0.05) is 48.3 Å². The van der Waals surface area contributed by atoms with Gasteiger partial charge in [-0.15, -0.1) is 5.10 Å². The zero-order chi connectivity index (χ0) is 27.8. The zero-order valence-electron chi connectivity index (χ0n) is 23.6. The number of anilines is 1. The molecule has 5 aromatic rings. The summed E-state index contributed by atoms with van der Waals surface area (Å²) in [5, 5.41) is 14.0. The summed E-state index contributed by atoms with van der Waals surface area (Å²) in [5.74, 6) is 0.679. The smallest absolute Gasteiger partial charge is 0.253 e. The molecule has 8 nitrogen and oxygen atoms in total. The van der Waals surface area contributed by atoms with E-state index in [1.54, 1.807) is 0 Å². The Balaban J connectivity index is 1.41. The van der Waals surface area contributed by atoms with Crippen LogP contribution in [0.15, 0.2) is 71.5 Å². The molecule has 6 rings (SSSR count). The predicted molar refractivity (Wildman–Crippen MR) is 159 cm³/mol. The van der Waals surface area contributed by atoms with Crippen molar-refractivity contribution in [2.24, 2.45) is 0 Å². The number of aromatic amines is 1. The lowest BCUT2D eigenvalue weighted by molar-refractivity contribution is 0.200. The lowest BCUT2D eigenvalue weighted by Gasteiger charge is -2.40. The van der Waals surface area contributed by atoms with E-state index < -0.39 is 0 Å². The van der Waals surface area contributed by atoms with E-state index in [0.717, 1.165) is 53.8 Å². The Labute approximate surface area is 234 Å². The third-order valence-electron chi connectivity index (χ3n) is 8.00. The SMILES string of the molecule is Cc1ccc(C)c(N2CCN([C@@H](c3cc4c(C)cc(C)cc4[nH]c3=O)c3nnnn3Cc3ccccc3)CC2)c1. The molecule has 0 saturated carbocycles. The van der Waals surface area contributed by atoms with E-state index in [4.69, 9.17) is 0 Å². The van der Waals surface area contributed by atoms with Gasteiger partial charge in [-0.05, 0) is 84.1 Å². The summed E-state index contributed by atoms with van der Waals surface area (Å²) in [7, 11) is 0. The maximum atomic E-state index is 13.7. The number of pyridine rings is 1. The maximum Gasteiger partial charge on any atom is 0.253 e. The van der Waals surface area contributed by atoms with E-state index in [0.29, 0.717) is 17.9 Å². The van der Waals surface area contributed by atoms with Crippen molar-refractivity contribution < 1.29 is 0 Å². The van der Waals surface area contributed by atoms with Crippen LogP contribution in [0, 0.1) is 27.7 Å². The first-order chi connectivity index (χ1) is 19.4. The Bertz CT molecular complexity index is 1720. The van der Waals surface area contributed by atoms with Gasteiger partial charge in [0.25, 0.3) is 5.56 Å². The number of fused-ring (bicyclic) bond motifs is 1. The molecular formula is C32H35N7O. The molecule has 0 spiro atoms. The number of benzene rings is 3. The average Bonchev–Trinajstić information content (AvgIpc) is 3.39. The van der Waals surface area contributed by atoms with Crippen LogP contribution in [-0.4, -0.2) is 56.3 Å². The van der Waals surface area contributed by atoms with Crippen molar-refractivity contribution in [2.45, 2.75) is 40.3 Å². The Kier molecular flexibility index (Phi) is 6.94. The number of nitrogens with zero attached hydrogens (tertiary/aromatic N) is 6. The number of aryl methyl sites for hydroxylation is 4. The first-order valence-electron chi connectivity index (χ1n) is 13.9. The van der Waals surface area contributed by atoms with Crippen molar-refractivity contribution in [3.8, 4) is 0 Å². The molecule has 8 heteroatoms. The summed E-state index contributed by atoms with van der Waals surface area (Å²) in [4.78, 5) is 21.7. The Morgan fingerprint density at radius 2 is 1.62 bits per heavy atom. The van der Waals surface area contributed by atoms with Crippen LogP contribution in [0.5, 0.6) is 0 Å². The van der Waals surface area contributed by atoms with Gasteiger partial charge in [-0.2, -0.15) is 0 Å². The number of rotatable bonds is 6. The van der Waals surface area contributed by atoms with Gasteiger partial charge in [0.05, 0.1) is 6.54 Å². The molecule has 1 aliphatic heterocycles. The van der Waals surface area contributed by atoms with Gasteiger partial charge in [-0.3, -0.25) is 9.69 Å². The highest BCUT2D eigenvalue weighted by Crippen LogP contribution is 2.31. The monoisotopic (exact) mass is 533 g/mol. The van der Waals surface area contributed by atoms with Crippen molar-refractivity contribution in [2.75, 3.05) is 31.1 Å². The maximum absolute atomic E-state index is 13.7. The standard InChI is InChI=1S/C32H35N7O/c1-21-10-11-23(3)29(18-21)37-12-14-38(15-13-37)30(31-34-35-36-39(31)20-25-8-6-5-7-9-25)27-19-26-24(4)16-22(2)17-28(26)33-32(27)40/h5-11,16-19,30H,12-15,20H2,1-4H3,(H,33,40)/t30-/m0/s1. The number of aromatic nitrogens is 5. The van der Waals surface area contributed by atoms with Crippen LogP contribution in [0.3, 0.4) is 0 Å². The molecule has 3 aromatic carbocycles. The topological polar surface area (TPSA) is 82.9 Å². The van der Waals surface area contributed by atoms with Gasteiger partial charge in [0.2, 0.25) is 0 Å². The molecular weight excluding hydrogens is 498 g/mol. The van der Waals surface area contributed by atoms with E-state index in [9.17, 15) is 4.79 Å². The van der Waals surface area contributed by atoms with Crippen LogP contribution >= 0.6 is 0 Å². The molecule has 0 unspecified atom stereocenters. The van der Waals surface area contributed by atoms with Crippen LogP contribution in [0.1, 0.15) is 45.2 Å². The van der Waals surface area contributed by atoms with Crippen molar-refractivity contribution in [3.63, 3.8) is 0 Å². The van der Waals surface area contributed by atoms with Crippen LogP contribution in [0.25, 0.3) is 10.9 Å². The third kappa shape index (κ3) is 5.02. The highest BCUT2D eigenvalue weighted by Gasteiger charge is 2.33. The summed E-state index contributed by atoms with van der Waals surface area (Å²) in [6.45, 7) is 12.2. The highest BCUT2D eigenvalue weighted by molar-refractivity contribution is 5.83. The van der Waals surface area contributed by atoms with Gasteiger partial charge in [0.15, 0.2) is 5.82 Å². The highest BCUT2D eigenvalue weighted by atomic mass is 16.1. The van der Waals surface area contributed by atoms with Gasteiger partial charge >= 0.3 is 0 Å². The second-order valence-corrected chi connectivity index (χ2v) is 11.0. The zero-order valence-corrected chi connectivity index (χ0v) is 23.6. The number of nitrogens with one attached hydrogen (secondary N) is 1. The Hall–Kier alpha value is -4.30. The Morgan fingerprint density at radius 1 is 0.850 bits per heavy atom. The second kappa shape index (κ2) is 10.7. The first-order valence-corrected chi connectivity index (χ1v) is 13.9. The van der Waals surface area contributed by atoms with Crippen LogP contribution in [0.4, 0.5) is 5.69 Å². The van der Waals surface area contributed by atoms with Crippen LogP contribution < -0.4 is 10.5 Å². The summed E-state index contributed by atoms with van der Waals surface area (Å²) in [6, 6.07) is 22.6. The average molecular weight is 534 g/mol. The summed E-state index contributed by atoms with van der Waals surface area (Å²) < 4.78 is 1.84. The lowest BCUT2D eigenvalue weighted by atomic mass is 9.99. The quantitative estimate of drug-likeness (QED) is 0.341. The van der Waals surface area contributed by atoms with Crippen LogP contribution in [-0.2, 0) is 6.54 Å². The molecule has 1 atom stereocenters. The van der Waals surface area contributed by atoms with E-state index in [-0.39, 0.29) is 11.6 Å². The summed E-state index contributed by atoms with van der Waals surface area (Å²) in [5.41, 5.74) is 8.60. The molecule has 40 heavy (non-hydrogen) atoms. The summed E-state index contributed by atoms with van der Waals surface area (Å²) >= 11 is 0. The molecule has 2 aromatic heterocycles. The Morgan fingerprint density at radius 3 is 2.40 bits per heavy atom. The van der Waals surface area contributed by atoms with Crippen molar-refractivity contribution in [3.05, 3.63) is 116 Å². The lowest BCUT2D eigenvalue weighted by Crippen LogP contribution is -2.49. The fourth-order valence-corrected chi connectivity index (χ4v) is 5.95. The van der Waals surface area contributed by atoms with E-state index >= 15 is 0 Å². The van der Waals surface area contributed by atoms with E-state index in [1.165, 1.54) is 16.8 Å². The fraction of sp³-hybridized carbons (Fsp3) is 0.312. The molecule has 0 aliphatic carbocycles. The fourth-order valence-electron chi connectivity index (χ4n) is 5.95. The normalized spacial score (nSPS) is 15.1. The third-order valence-corrected chi connectivity index (χ3v) is 8.00.